The zero-order valence-electron chi connectivity index (χ0n) is 10.4. The molecule has 0 aliphatic heterocycles. The van der Waals surface area contributed by atoms with E-state index in [2.05, 4.69) is 5.32 Å². The molecule has 98 valence electrons. The van der Waals surface area contributed by atoms with Crippen molar-refractivity contribution in [3.05, 3.63) is 28.8 Å². The lowest BCUT2D eigenvalue weighted by Crippen LogP contribution is -2.20. The van der Waals surface area contributed by atoms with Gasteiger partial charge in [-0.15, -0.1) is 0 Å². The van der Waals surface area contributed by atoms with Gasteiger partial charge in [-0.2, -0.15) is 0 Å². The van der Waals surface area contributed by atoms with Gasteiger partial charge in [0.2, 0.25) is 5.91 Å². The molecular formula is C13H16ClNO3. The van der Waals surface area contributed by atoms with E-state index in [-0.39, 0.29) is 17.4 Å². The van der Waals surface area contributed by atoms with Crippen molar-refractivity contribution in [1.82, 2.24) is 0 Å². The van der Waals surface area contributed by atoms with Crippen LogP contribution in [0.5, 0.6) is 0 Å². The quantitative estimate of drug-likeness (QED) is 0.861. The Balaban J connectivity index is 2.86. The second kappa shape index (κ2) is 6.40. The van der Waals surface area contributed by atoms with E-state index in [9.17, 15) is 9.59 Å². The lowest BCUT2D eigenvalue weighted by atomic mass is 10.1. The number of halogens is 1. The standard InChI is InChI=1S/C13H16ClNO3/c1-3-4-8(2)12(16)15-11-7-9(13(17)18)5-6-10(11)14/h5-8H,3-4H2,1-2H3,(H,15,16)(H,17,18). The van der Waals surface area contributed by atoms with E-state index in [1.54, 1.807) is 0 Å². The van der Waals surface area contributed by atoms with E-state index in [1.165, 1.54) is 18.2 Å². The highest BCUT2D eigenvalue weighted by Gasteiger charge is 2.14. The Morgan fingerprint density at radius 1 is 1.44 bits per heavy atom. The van der Waals surface area contributed by atoms with Crippen LogP contribution in [-0.2, 0) is 4.79 Å². The topological polar surface area (TPSA) is 66.4 Å². The Labute approximate surface area is 111 Å². The Morgan fingerprint density at radius 3 is 2.67 bits per heavy atom. The summed E-state index contributed by atoms with van der Waals surface area (Å²) in [6.07, 6.45) is 1.69. The molecule has 0 radical (unpaired) electrons. The Bertz CT molecular complexity index is 460. The van der Waals surface area contributed by atoms with E-state index in [1.807, 2.05) is 13.8 Å². The van der Waals surface area contributed by atoms with E-state index in [0.29, 0.717) is 10.7 Å². The first-order chi connectivity index (χ1) is 8.45. The molecule has 0 fully saturated rings. The second-order valence-corrected chi connectivity index (χ2v) is 4.59. The molecule has 0 bridgehead atoms. The lowest BCUT2D eigenvalue weighted by Gasteiger charge is -2.12. The fourth-order valence-electron chi connectivity index (χ4n) is 1.57. The normalized spacial score (nSPS) is 11.9. The van der Waals surface area contributed by atoms with Crippen LogP contribution in [0.3, 0.4) is 0 Å². The van der Waals surface area contributed by atoms with Crippen molar-refractivity contribution in [2.75, 3.05) is 5.32 Å². The van der Waals surface area contributed by atoms with Crippen molar-refractivity contribution < 1.29 is 14.7 Å². The smallest absolute Gasteiger partial charge is 0.335 e. The number of rotatable bonds is 5. The van der Waals surface area contributed by atoms with Gasteiger partial charge in [-0.25, -0.2) is 4.79 Å². The number of hydrogen-bond donors (Lipinski definition) is 2. The molecule has 1 aromatic rings. The molecule has 0 aliphatic rings. The molecule has 0 spiro atoms. The number of nitrogens with one attached hydrogen (secondary N) is 1. The van der Waals surface area contributed by atoms with Crippen molar-refractivity contribution in [3.8, 4) is 0 Å². The van der Waals surface area contributed by atoms with Gasteiger partial charge in [-0.05, 0) is 24.6 Å². The first-order valence-corrected chi connectivity index (χ1v) is 6.17. The molecule has 0 aliphatic carbocycles. The lowest BCUT2D eigenvalue weighted by molar-refractivity contribution is -0.119. The molecule has 0 aromatic heterocycles. The Morgan fingerprint density at radius 2 is 2.11 bits per heavy atom. The summed E-state index contributed by atoms with van der Waals surface area (Å²) in [5.41, 5.74) is 0.433. The number of hydrogen-bond acceptors (Lipinski definition) is 2. The maximum Gasteiger partial charge on any atom is 0.335 e. The summed E-state index contributed by atoms with van der Waals surface area (Å²) >= 11 is 5.92. The molecule has 5 heteroatoms. The highest BCUT2D eigenvalue weighted by Crippen LogP contribution is 2.24. The number of carbonyl (C=O) groups is 2. The van der Waals surface area contributed by atoms with Gasteiger partial charge in [0.1, 0.15) is 0 Å². The monoisotopic (exact) mass is 269 g/mol. The van der Waals surface area contributed by atoms with Gasteiger partial charge < -0.3 is 10.4 Å². The summed E-state index contributed by atoms with van der Waals surface area (Å²) in [6.45, 7) is 3.83. The van der Waals surface area contributed by atoms with Gasteiger partial charge in [-0.3, -0.25) is 4.79 Å². The van der Waals surface area contributed by atoms with Crippen molar-refractivity contribution in [1.29, 1.82) is 0 Å². The van der Waals surface area contributed by atoms with Crippen molar-refractivity contribution in [3.63, 3.8) is 0 Å². The fourth-order valence-corrected chi connectivity index (χ4v) is 1.74. The van der Waals surface area contributed by atoms with Crippen LogP contribution >= 0.6 is 11.6 Å². The van der Waals surface area contributed by atoms with E-state index in [4.69, 9.17) is 16.7 Å². The minimum Gasteiger partial charge on any atom is -0.478 e. The molecule has 1 aromatic carbocycles. The summed E-state index contributed by atoms with van der Waals surface area (Å²) in [7, 11) is 0. The van der Waals surface area contributed by atoms with E-state index in [0.717, 1.165) is 12.8 Å². The minimum atomic E-state index is -1.05. The largest absolute Gasteiger partial charge is 0.478 e. The summed E-state index contributed by atoms with van der Waals surface area (Å²) < 4.78 is 0. The van der Waals surface area contributed by atoms with Gasteiger partial charge in [-0.1, -0.05) is 31.9 Å². The molecule has 2 N–H and O–H groups in total. The first kappa shape index (κ1) is 14.5. The number of amides is 1. The van der Waals surface area contributed by atoms with Crippen LogP contribution in [0.4, 0.5) is 5.69 Å². The average molecular weight is 270 g/mol. The zero-order chi connectivity index (χ0) is 13.7. The molecular weight excluding hydrogens is 254 g/mol. The third-order valence-corrected chi connectivity index (χ3v) is 2.97. The van der Waals surface area contributed by atoms with Gasteiger partial charge in [0.25, 0.3) is 0 Å². The van der Waals surface area contributed by atoms with Crippen LogP contribution in [0, 0.1) is 5.92 Å². The number of benzene rings is 1. The van der Waals surface area contributed by atoms with Gasteiger partial charge >= 0.3 is 5.97 Å². The summed E-state index contributed by atoms with van der Waals surface area (Å²) in [6, 6.07) is 4.22. The second-order valence-electron chi connectivity index (χ2n) is 4.18. The van der Waals surface area contributed by atoms with E-state index < -0.39 is 5.97 Å². The Hall–Kier alpha value is -1.55. The van der Waals surface area contributed by atoms with Crippen LogP contribution in [0.15, 0.2) is 18.2 Å². The number of carbonyl (C=O) groups excluding carboxylic acids is 1. The predicted molar refractivity (Wildman–Crippen MR) is 71.1 cm³/mol. The highest BCUT2D eigenvalue weighted by atomic mass is 35.5. The molecule has 18 heavy (non-hydrogen) atoms. The van der Waals surface area contributed by atoms with Crippen LogP contribution in [-0.4, -0.2) is 17.0 Å². The maximum absolute atomic E-state index is 11.8. The Kier molecular flexibility index (Phi) is 5.16. The number of carboxylic acid groups (broad SMARTS) is 1. The van der Waals surface area contributed by atoms with Crippen LogP contribution < -0.4 is 5.32 Å². The van der Waals surface area contributed by atoms with Gasteiger partial charge in [0.15, 0.2) is 0 Å². The van der Waals surface area contributed by atoms with Crippen molar-refractivity contribution in [2.24, 2.45) is 5.92 Å². The molecule has 4 nitrogen and oxygen atoms in total. The van der Waals surface area contributed by atoms with E-state index >= 15 is 0 Å². The van der Waals surface area contributed by atoms with Crippen molar-refractivity contribution >= 4 is 29.2 Å². The van der Waals surface area contributed by atoms with Crippen LogP contribution in [0.2, 0.25) is 5.02 Å². The number of aromatic carboxylic acids is 1. The zero-order valence-corrected chi connectivity index (χ0v) is 11.1. The maximum atomic E-state index is 11.8. The predicted octanol–water partition coefficient (Wildman–Crippen LogP) is 3.41. The molecule has 1 unspecified atom stereocenters. The van der Waals surface area contributed by atoms with Crippen LogP contribution in [0.25, 0.3) is 0 Å². The number of carboxylic acids is 1. The third kappa shape index (κ3) is 3.74. The highest BCUT2D eigenvalue weighted by molar-refractivity contribution is 6.33. The fraction of sp³-hybridized carbons (Fsp3) is 0.385. The SMILES string of the molecule is CCCC(C)C(=O)Nc1cc(C(=O)O)ccc1Cl. The third-order valence-electron chi connectivity index (χ3n) is 2.64. The minimum absolute atomic E-state index is 0.0952. The molecule has 0 heterocycles. The summed E-state index contributed by atoms with van der Waals surface area (Å²) in [5, 5.41) is 11.9. The number of anilines is 1. The van der Waals surface area contributed by atoms with Gasteiger partial charge in [0.05, 0.1) is 16.3 Å². The summed E-state index contributed by atoms with van der Waals surface area (Å²) in [5.74, 6) is -1.33. The molecule has 1 rings (SSSR count). The van der Waals surface area contributed by atoms with Crippen LogP contribution in [0.1, 0.15) is 37.0 Å². The summed E-state index contributed by atoms with van der Waals surface area (Å²) in [4.78, 5) is 22.6. The average Bonchev–Trinajstić information content (AvgIpc) is 2.31. The van der Waals surface area contributed by atoms with Gasteiger partial charge in [0, 0.05) is 5.92 Å². The molecule has 1 amide bonds. The van der Waals surface area contributed by atoms with Crippen molar-refractivity contribution in [2.45, 2.75) is 26.7 Å². The molecule has 0 saturated heterocycles. The first-order valence-electron chi connectivity index (χ1n) is 5.79. The molecule has 0 saturated carbocycles. The molecule has 1 atom stereocenters.